The molecular formula is C11H20O3. The van der Waals surface area contributed by atoms with Crippen molar-refractivity contribution in [2.45, 2.75) is 47.1 Å². The van der Waals surface area contributed by atoms with Crippen molar-refractivity contribution in [1.29, 1.82) is 0 Å². The normalized spacial score (nSPS) is 15.0. The molecule has 0 saturated heterocycles. The van der Waals surface area contributed by atoms with Crippen molar-refractivity contribution in [2.24, 2.45) is 10.8 Å². The van der Waals surface area contributed by atoms with E-state index >= 15 is 0 Å². The summed E-state index contributed by atoms with van der Waals surface area (Å²) in [6.07, 6.45) is -0.289. The standard InChI is InChI=1S/C11H20O3/c1-10(2,3)6-8(13)9(14)11(4,5)7-12/h7,9,14H,6H2,1-5H3. The summed E-state index contributed by atoms with van der Waals surface area (Å²) in [4.78, 5) is 22.2. The number of aliphatic hydroxyl groups is 1. The van der Waals surface area contributed by atoms with Gasteiger partial charge in [0.2, 0.25) is 0 Å². The smallest absolute Gasteiger partial charge is 0.162 e. The van der Waals surface area contributed by atoms with Gasteiger partial charge in [0.05, 0.1) is 5.41 Å². The number of aldehydes is 1. The lowest BCUT2D eigenvalue weighted by Gasteiger charge is -2.26. The summed E-state index contributed by atoms with van der Waals surface area (Å²) < 4.78 is 0. The average molecular weight is 200 g/mol. The van der Waals surface area contributed by atoms with E-state index in [1.165, 1.54) is 0 Å². The fourth-order valence-corrected chi connectivity index (χ4v) is 1.10. The van der Waals surface area contributed by atoms with E-state index in [9.17, 15) is 14.7 Å². The number of rotatable bonds is 4. The number of carbonyl (C=O) groups excluding carboxylic acids is 2. The average Bonchev–Trinajstić information content (AvgIpc) is 2.00. The molecule has 0 radical (unpaired) electrons. The number of aliphatic hydroxyl groups excluding tert-OH is 1. The Hall–Kier alpha value is -0.700. The Balaban J connectivity index is 4.49. The Kier molecular flexibility index (Phi) is 4.01. The van der Waals surface area contributed by atoms with Crippen molar-refractivity contribution in [1.82, 2.24) is 0 Å². The van der Waals surface area contributed by atoms with Crippen LogP contribution in [0.2, 0.25) is 0 Å². The SMILES string of the molecule is CC(C)(C)CC(=O)C(O)C(C)(C)C=O. The zero-order chi connectivity index (χ0) is 11.6. The number of ketones is 1. The van der Waals surface area contributed by atoms with Gasteiger partial charge in [-0.25, -0.2) is 0 Å². The molecule has 82 valence electrons. The molecule has 0 heterocycles. The second-order valence-corrected chi connectivity index (χ2v) is 5.55. The second kappa shape index (κ2) is 4.22. The Morgan fingerprint density at radius 3 is 2.00 bits per heavy atom. The Morgan fingerprint density at radius 2 is 1.71 bits per heavy atom. The molecule has 3 nitrogen and oxygen atoms in total. The first-order valence-electron chi connectivity index (χ1n) is 4.77. The summed E-state index contributed by atoms with van der Waals surface area (Å²) >= 11 is 0. The number of hydrogen-bond acceptors (Lipinski definition) is 3. The third-order valence-corrected chi connectivity index (χ3v) is 2.02. The first-order valence-corrected chi connectivity index (χ1v) is 4.77. The molecule has 0 spiro atoms. The van der Waals surface area contributed by atoms with Crippen LogP contribution in [-0.4, -0.2) is 23.3 Å². The third-order valence-electron chi connectivity index (χ3n) is 2.02. The third kappa shape index (κ3) is 4.01. The van der Waals surface area contributed by atoms with Gasteiger partial charge in [-0.3, -0.25) is 4.79 Å². The molecule has 1 unspecified atom stereocenters. The molecule has 3 heteroatoms. The van der Waals surface area contributed by atoms with Crippen LogP contribution in [0.3, 0.4) is 0 Å². The minimum absolute atomic E-state index is 0.156. The molecule has 0 amide bonds. The zero-order valence-electron chi connectivity index (χ0n) is 9.63. The number of Topliss-reactive ketones (excluding diaryl/α,β-unsaturated/α-hetero) is 1. The van der Waals surface area contributed by atoms with Gasteiger partial charge in [-0.2, -0.15) is 0 Å². The van der Waals surface area contributed by atoms with Crippen LogP contribution in [0.15, 0.2) is 0 Å². The summed E-state index contributed by atoms with van der Waals surface area (Å²) in [5.41, 5.74) is -1.14. The molecule has 0 bridgehead atoms. The van der Waals surface area contributed by atoms with E-state index in [0.29, 0.717) is 6.29 Å². The van der Waals surface area contributed by atoms with E-state index < -0.39 is 11.5 Å². The molecule has 0 aliphatic carbocycles. The Morgan fingerprint density at radius 1 is 1.29 bits per heavy atom. The van der Waals surface area contributed by atoms with Crippen LogP contribution in [-0.2, 0) is 9.59 Å². The van der Waals surface area contributed by atoms with Crippen LogP contribution >= 0.6 is 0 Å². The largest absolute Gasteiger partial charge is 0.384 e. The van der Waals surface area contributed by atoms with Crippen LogP contribution in [0.4, 0.5) is 0 Å². The van der Waals surface area contributed by atoms with E-state index in [1.54, 1.807) is 13.8 Å². The monoisotopic (exact) mass is 200 g/mol. The first kappa shape index (κ1) is 13.3. The molecule has 1 N–H and O–H groups in total. The van der Waals surface area contributed by atoms with Gasteiger partial charge in [0.25, 0.3) is 0 Å². The molecule has 0 fully saturated rings. The van der Waals surface area contributed by atoms with Crippen LogP contribution in [0.5, 0.6) is 0 Å². The van der Waals surface area contributed by atoms with Gasteiger partial charge < -0.3 is 9.90 Å². The minimum atomic E-state index is -1.20. The van der Waals surface area contributed by atoms with Crippen LogP contribution in [0.1, 0.15) is 41.0 Å². The first-order chi connectivity index (χ1) is 6.10. The number of hydrogen-bond donors (Lipinski definition) is 1. The fourth-order valence-electron chi connectivity index (χ4n) is 1.10. The number of carbonyl (C=O) groups is 2. The van der Waals surface area contributed by atoms with Crippen molar-refractivity contribution in [3.8, 4) is 0 Å². The van der Waals surface area contributed by atoms with Crippen LogP contribution in [0.25, 0.3) is 0 Å². The van der Waals surface area contributed by atoms with Crippen LogP contribution in [0, 0.1) is 10.8 Å². The van der Waals surface area contributed by atoms with Gasteiger partial charge in [-0.1, -0.05) is 34.6 Å². The van der Waals surface area contributed by atoms with Gasteiger partial charge in [0, 0.05) is 6.42 Å². The van der Waals surface area contributed by atoms with Crippen molar-refractivity contribution in [3.63, 3.8) is 0 Å². The van der Waals surface area contributed by atoms with E-state index in [-0.39, 0.29) is 17.6 Å². The maximum absolute atomic E-state index is 11.6. The lowest BCUT2D eigenvalue weighted by atomic mass is 9.80. The minimum Gasteiger partial charge on any atom is -0.384 e. The molecule has 14 heavy (non-hydrogen) atoms. The molecule has 1 atom stereocenters. The molecule has 0 rings (SSSR count). The highest BCUT2D eigenvalue weighted by atomic mass is 16.3. The molecule has 0 aromatic rings. The molecule has 0 aliphatic rings. The quantitative estimate of drug-likeness (QED) is 0.701. The predicted molar refractivity (Wildman–Crippen MR) is 54.9 cm³/mol. The summed E-state index contributed by atoms with van der Waals surface area (Å²) in [6, 6.07) is 0. The maximum atomic E-state index is 11.6. The van der Waals surface area contributed by atoms with Crippen molar-refractivity contribution < 1.29 is 14.7 Å². The molecule has 0 saturated carbocycles. The highest BCUT2D eigenvalue weighted by Gasteiger charge is 2.34. The second-order valence-electron chi connectivity index (χ2n) is 5.55. The lowest BCUT2D eigenvalue weighted by Crippen LogP contribution is -2.39. The van der Waals surface area contributed by atoms with Crippen LogP contribution < -0.4 is 0 Å². The van der Waals surface area contributed by atoms with E-state index in [4.69, 9.17) is 0 Å². The highest BCUT2D eigenvalue weighted by Crippen LogP contribution is 2.25. The van der Waals surface area contributed by atoms with E-state index in [1.807, 2.05) is 20.8 Å². The van der Waals surface area contributed by atoms with Gasteiger partial charge >= 0.3 is 0 Å². The van der Waals surface area contributed by atoms with Crippen molar-refractivity contribution >= 4 is 12.1 Å². The zero-order valence-corrected chi connectivity index (χ0v) is 9.63. The van der Waals surface area contributed by atoms with Crippen molar-refractivity contribution in [2.75, 3.05) is 0 Å². The van der Waals surface area contributed by atoms with Gasteiger partial charge in [-0.05, 0) is 5.41 Å². The fraction of sp³-hybridized carbons (Fsp3) is 0.818. The maximum Gasteiger partial charge on any atom is 0.162 e. The highest BCUT2D eigenvalue weighted by molar-refractivity contribution is 5.87. The van der Waals surface area contributed by atoms with Crippen molar-refractivity contribution in [3.05, 3.63) is 0 Å². The molecule has 0 aromatic heterocycles. The topological polar surface area (TPSA) is 54.4 Å². The molecule has 0 aliphatic heterocycles. The molecular weight excluding hydrogens is 180 g/mol. The molecule has 0 aromatic carbocycles. The van der Waals surface area contributed by atoms with Gasteiger partial charge in [0.1, 0.15) is 12.4 Å². The summed E-state index contributed by atoms with van der Waals surface area (Å²) in [6.45, 7) is 8.89. The summed E-state index contributed by atoms with van der Waals surface area (Å²) in [5, 5.41) is 9.63. The Bertz CT molecular complexity index is 223. The summed E-state index contributed by atoms with van der Waals surface area (Å²) in [7, 11) is 0. The van der Waals surface area contributed by atoms with Gasteiger partial charge in [-0.15, -0.1) is 0 Å². The van der Waals surface area contributed by atoms with E-state index in [0.717, 1.165) is 0 Å². The predicted octanol–water partition coefficient (Wildman–Crippen LogP) is 1.58. The summed E-state index contributed by atoms with van der Waals surface area (Å²) in [5.74, 6) is -0.269. The Labute approximate surface area is 85.5 Å². The van der Waals surface area contributed by atoms with E-state index in [2.05, 4.69) is 0 Å². The van der Waals surface area contributed by atoms with Gasteiger partial charge in [0.15, 0.2) is 5.78 Å². The lowest BCUT2D eigenvalue weighted by molar-refractivity contribution is -0.139.